The average Bonchev–Trinajstić information content (AvgIpc) is 2.97. The summed E-state index contributed by atoms with van der Waals surface area (Å²) in [6.07, 6.45) is 1.29. The fraction of sp³-hybridized carbons (Fsp3) is 0.483. The van der Waals surface area contributed by atoms with Crippen molar-refractivity contribution in [2.24, 2.45) is 0 Å². The Morgan fingerprint density at radius 2 is 1.69 bits per heavy atom. The molecular weight excluding hydrogens is 573 g/mol. The fourth-order valence-corrected chi connectivity index (χ4v) is 6.22. The van der Waals surface area contributed by atoms with E-state index in [4.69, 9.17) is 4.74 Å². The van der Waals surface area contributed by atoms with E-state index in [1.165, 1.54) is 36.7 Å². The molecule has 0 bridgehead atoms. The zero-order valence-electron chi connectivity index (χ0n) is 27.9. The van der Waals surface area contributed by atoms with E-state index in [1.807, 2.05) is 13.8 Å². The van der Waals surface area contributed by atoms with Gasteiger partial charge in [0, 0.05) is 61.1 Å². The number of amides is 1. The molecule has 1 amide bonds. The number of anilines is 1. The van der Waals surface area contributed by atoms with E-state index >= 15 is 4.39 Å². The summed E-state index contributed by atoms with van der Waals surface area (Å²) in [5.74, 6) is -1.09. The second-order valence-electron chi connectivity index (χ2n) is 13.3. The number of hydrogen-bond donors (Lipinski definition) is 4. The van der Waals surface area contributed by atoms with Crippen molar-refractivity contribution in [1.29, 1.82) is 0 Å². The molecule has 0 saturated carbocycles. The number of halogens is 1. The number of aliphatic hydroxyl groups is 2. The number of hydrogen-bond acceptors (Lipinski definition) is 9. The van der Waals surface area contributed by atoms with Crippen molar-refractivity contribution < 1.29 is 33.7 Å². The van der Waals surface area contributed by atoms with E-state index in [2.05, 4.69) is 15.5 Å². The molecule has 1 aliphatic rings. The molecular formula is C29H44B5FN4O6. The van der Waals surface area contributed by atoms with E-state index in [9.17, 15) is 24.6 Å². The van der Waals surface area contributed by atoms with E-state index in [1.54, 1.807) is 58.0 Å². The highest BCUT2D eigenvalue weighted by Gasteiger charge is 2.58. The number of likely N-dealkylation sites (N-methyl/N-ethyl adjacent to an activating group) is 2. The maximum Gasteiger partial charge on any atom is 0.233 e. The molecule has 5 atom stereocenters. The highest BCUT2D eigenvalue weighted by Crippen LogP contribution is 2.40. The number of carbonyl (C=O) groups is 3. The first-order chi connectivity index (χ1) is 20.9. The minimum absolute atomic E-state index is 0.0184. The first-order valence-electron chi connectivity index (χ1n) is 15.2. The zero-order chi connectivity index (χ0) is 34.0. The lowest BCUT2D eigenvalue weighted by Crippen LogP contribution is -2.75. The summed E-state index contributed by atoms with van der Waals surface area (Å²) in [7, 11) is 10.5. The third-order valence-electron chi connectivity index (χ3n) is 9.53. The summed E-state index contributed by atoms with van der Waals surface area (Å²) < 4.78 is 21.8. The normalized spacial score (nSPS) is 21.6. The number of benzene rings is 2. The standard InChI is InChI=1S/C29H44B5FN4O6/c1-17-11-39(12-18(2)45-17)13-19-7-5-9-22(24(19)35)28(33,43)37-23-10-6-8-20(15-40)21(23)14-38(4)27(32,25(42)36-3)29(34,44)26(30,31)16-41/h5-10,15-18,37,43-44H,11-14,30-34H2,1-4H3,(H,36,42). The number of nitrogens with zero attached hydrogens (tertiary/aromatic N) is 2. The summed E-state index contributed by atoms with van der Waals surface area (Å²) in [5, 5.41) is 27.7. The van der Waals surface area contributed by atoms with Crippen molar-refractivity contribution in [3.8, 4) is 0 Å². The van der Waals surface area contributed by atoms with Crippen LogP contribution in [0.4, 0.5) is 10.1 Å². The molecule has 1 saturated heterocycles. The minimum Gasteiger partial charge on any atom is -0.398 e. The maximum atomic E-state index is 16.0. The van der Waals surface area contributed by atoms with E-state index in [-0.39, 0.29) is 29.9 Å². The fourth-order valence-electron chi connectivity index (χ4n) is 6.22. The first kappa shape index (κ1) is 36.6. The molecule has 1 fully saturated rings. The Labute approximate surface area is 269 Å². The van der Waals surface area contributed by atoms with Crippen molar-refractivity contribution in [2.45, 2.75) is 60.9 Å². The molecule has 1 aliphatic heterocycles. The minimum atomic E-state index is -1.91. The van der Waals surface area contributed by atoms with Gasteiger partial charge in [-0.05, 0) is 37.7 Å². The highest BCUT2D eigenvalue weighted by molar-refractivity contribution is 6.54. The van der Waals surface area contributed by atoms with Gasteiger partial charge in [0.1, 0.15) is 55.4 Å². The van der Waals surface area contributed by atoms with Crippen molar-refractivity contribution in [1.82, 2.24) is 15.1 Å². The van der Waals surface area contributed by atoms with Gasteiger partial charge in [-0.25, -0.2) is 4.39 Å². The molecule has 10 nitrogen and oxygen atoms in total. The van der Waals surface area contributed by atoms with Crippen LogP contribution in [0.2, 0.25) is 5.21 Å². The number of morpholine rings is 1. The number of aldehydes is 2. The molecule has 0 spiro atoms. The summed E-state index contributed by atoms with van der Waals surface area (Å²) in [6, 6.07) is 9.76. The van der Waals surface area contributed by atoms with Gasteiger partial charge in [0.05, 0.1) is 17.6 Å². The number of nitrogens with one attached hydrogen (secondary N) is 2. The summed E-state index contributed by atoms with van der Waals surface area (Å²) >= 11 is 0. The van der Waals surface area contributed by atoms with Gasteiger partial charge in [-0.1, -0.05) is 30.3 Å². The third kappa shape index (κ3) is 7.25. The van der Waals surface area contributed by atoms with Crippen LogP contribution in [0.1, 0.15) is 40.9 Å². The van der Waals surface area contributed by atoms with E-state index in [0.717, 1.165) is 0 Å². The van der Waals surface area contributed by atoms with Crippen LogP contribution in [0.3, 0.4) is 0 Å². The topological polar surface area (TPSA) is 131 Å². The van der Waals surface area contributed by atoms with Crippen molar-refractivity contribution in [3.05, 3.63) is 64.5 Å². The first-order valence-corrected chi connectivity index (χ1v) is 15.2. The molecule has 238 valence electrons. The predicted molar refractivity (Wildman–Crippen MR) is 186 cm³/mol. The van der Waals surface area contributed by atoms with Gasteiger partial charge in [-0.15, -0.1) is 0 Å². The molecule has 2 aromatic carbocycles. The van der Waals surface area contributed by atoms with Crippen LogP contribution >= 0.6 is 0 Å². The van der Waals surface area contributed by atoms with Gasteiger partial charge in [0.25, 0.3) is 0 Å². The van der Waals surface area contributed by atoms with Crippen LogP contribution in [0.15, 0.2) is 36.4 Å². The monoisotopic (exact) mass is 618 g/mol. The third-order valence-corrected chi connectivity index (χ3v) is 9.53. The molecule has 16 heteroatoms. The quantitative estimate of drug-likeness (QED) is 0.103. The van der Waals surface area contributed by atoms with Crippen molar-refractivity contribution in [2.75, 3.05) is 32.5 Å². The lowest BCUT2D eigenvalue weighted by molar-refractivity contribution is -0.138. The lowest BCUT2D eigenvalue weighted by Gasteiger charge is -2.53. The van der Waals surface area contributed by atoms with Gasteiger partial charge >= 0.3 is 0 Å². The van der Waals surface area contributed by atoms with Crippen LogP contribution in [0, 0.1) is 5.82 Å². The number of ether oxygens (including phenoxy) is 1. The maximum absolute atomic E-state index is 16.0. The van der Waals surface area contributed by atoms with Crippen LogP contribution < -0.4 is 10.6 Å². The smallest absolute Gasteiger partial charge is 0.233 e. The van der Waals surface area contributed by atoms with Gasteiger partial charge in [-0.2, -0.15) is 0 Å². The van der Waals surface area contributed by atoms with Gasteiger partial charge < -0.3 is 30.4 Å². The summed E-state index contributed by atoms with van der Waals surface area (Å²) in [6.45, 7) is 5.56. The Balaban J connectivity index is 2.01. The average molecular weight is 618 g/mol. The van der Waals surface area contributed by atoms with Crippen LogP contribution in [-0.4, -0.2) is 128 Å². The van der Waals surface area contributed by atoms with Gasteiger partial charge in [0.2, 0.25) is 5.91 Å². The lowest BCUT2D eigenvalue weighted by atomic mass is 9.34. The van der Waals surface area contributed by atoms with Crippen molar-refractivity contribution in [3.63, 3.8) is 0 Å². The highest BCUT2D eigenvalue weighted by atomic mass is 19.1. The Bertz CT molecular complexity index is 1410. The summed E-state index contributed by atoms with van der Waals surface area (Å²) in [5.41, 5.74) is -3.99. The summed E-state index contributed by atoms with van der Waals surface area (Å²) in [4.78, 5) is 41.3. The number of rotatable bonds is 13. The number of carbonyl (C=O) groups excluding carboxylic acids is 3. The van der Waals surface area contributed by atoms with Crippen molar-refractivity contribution >= 4 is 63.4 Å². The predicted octanol–water partition coefficient (Wildman–Crippen LogP) is -3.49. The SMILES string of the molecule is BC(O)(Nc1cccc(C=O)c1CN(C)C(B)(C(=O)NC)C(B)(O)C(B)(B)C=O)c1cccc(CN2CC(C)OC(C)C2)c1F. The molecule has 0 aliphatic carbocycles. The Hall–Kier alpha value is -2.90. The molecule has 4 N–H and O–H groups in total. The zero-order valence-corrected chi connectivity index (χ0v) is 27.9. The van der Waals surface area contributed by atoms with Crippen LogP contribution in [-0.2, 0) is 33.0 Å². The molecule has 5 unspecified atom stereocenters. The molecule has 3 rings (SSSR count). The Morgan fingerprint density at radius 1 is 1.09 bits per heavy atom. The van der Waals surface area contributed by atoms with Gasteiger partial charge in [0.15, 0.2) is 7.85 Å². The molecule has 1 heterocycles. The largest absolute Gasteiger partial charge is 0.398 e. The van der Waals surface area contributed by atoms with Gasteiger partial charge in [-0.3, -0.25) is 19.4 Å². The van der Waals surface area contributed by atoms with Crippen LogP contribution in [0.5, 0.6) is 0 Å². The molecule has 0 aromatic heterocycles. The molecule has 45 heavy (non-hydrogen) atoms. The Kier molecular flexibility index (Phi) is 11.3. The van der Waals surface area contributed by atoms with E-state index in [0.29, 0.717) is 49.0 Å². The van der Waals surface area contributed by atoms with E-state index < -0.39 is 33.5 Å². The Morgan fingerprint density at radius 3 is 2.24 bits per heavy atom. The van der Waals surface area contributed by atoms with Crippen LogP contribution in [0.25, 0.3) is 0 Å². The molecule has 0 radical (unpaired) electrons. The molecule has 2 aromatic rings. The second kappa shape index (κ2) is 13.8. The second-order valence-corrected chi connectivity index (χ2v) is 13.3.